The van der Waals surface area contributed by atoms with Gasteiger partial charge in [0.25, 0.3) is 0 Å². The van der Waals surface area contributed by atoms with Crippen LogP contribution in [0.5, 0.6) is 0 Å². The number of hydrogen-bond donors (Lipinski definition) is 0. The van der Waals surface area contributed by atoms with E-state index in [4.69, 9.17) is 16.0 Å². The Kier molecular flexibility index (Phi) is 4.46. The van der Waals surface area contributed by atoms with Crippen LogP contribution in [-0.2, 0) is 15.9 Å². The predicted octanol–water partition coefficient (Wildman–Crippen LogP) is 2.52. The van der Waals surface area contributed by atoms with Crippen molar-refractivity contribution in [3.63, 3.8) is 0 Å². The van der Waals surface area contributed by atoms with Gasteiger partial charge in [-0.1, -0.05) is 0 Å². The molecule has 4 nitrogen and oxygen atoms in total. The van der Waals surface area contributed by atoms with E-state index in [2.05, 4.69) is 15.9 Å². The van der Waals surface area contributed by atoms with E-state index in [1.807, 2.05) is 0 Å². The third kappa shape index (κ3) is 2.84. The summed E-state index contributed by atoms with van der Waals surface area (Å²) in [7, 11) is -3.46. The molecule has 17 heavy (non-hydrogen) atoms. The normalized spacial score (nSPS) is 18.5. The topological polar surface area (TPSA) is 50.5 Å². The molecule has 1 aliphatic heterocycles. The molecule has 0 aliphatic carbocycles. The Labute approximate surface area is 118 Å². The van der Waals surface area contributed by atoms with Gasteiger partial charge in [0.2, 0.25) is 10.0 Å². The summed E-state index contributed by atoms with van der Waals surface area (Å²) < 4.78 is 31.6. The lowest BCUT2D eigenvalue weighted by Gasteiger charge is -2.24. The van der Waals surface area contributed by atoms with E-state index in [-0.39, 0.29) is 15.4 Å². The Morgan fingerprint density at radius 1 is 1.47 bits per heavy atom. The Morgan fingerprint density at radius 3 is 2.65 bits per heavy atom. The van der Waals surface area contributed by atoms with Gasteiger partial charge < -0.3 is 4.42 Å². The number of rotatable bonds is 3. The summed E-state index contributed by atoms with van der Waals surface area (Å²) in [5.74, 6) is 2.27. The second kappa shape index (κ2) is 5.52. The van der Waals surface area contributed by atoms with Crippen molar-refractivity contribution in [2.45, 2.75) is 10.8 Å². The fraction of sp³-hybridized carbons (Fsp3) is 0.556. The van der Waals surface area contributed by atoms with Gasteiger partial charge >= 0.3 is 0 Å². The van der Waals surface area contributed by atoms with Crippen LogP contribution < -0.4 is 0 Å². The molecule has 8 heteroatoms. The fourth-order valence-corrected chi connectivity index (χ4v) is 5.23. The summed E-state index contributed by atoms with van der Waals surface area (Å²) >= 11 is 10.5. The molecular weight excluding hydrogens is 350 g/mol. The van der Waals surface area contributed by atoms with Crippen LogP contribution >= 0.6 is 39.3 Å². The molecule has 2 heterocycles. The zero-order valence-corrected chi connectivity index (χ0v) is 12.8. The summed E-state index contributed by atoms with van der Waals surface area (Å²) in [6.45, 7) is 1.08. The first-order valence-electron chi connectivity index (χ1n) is 4.98. The van der Waals surface area contributed by atoms with Crippen molar-refractivity contribution in [2.24, 2.45) is 0 Å². The maximum absolute atomic E-state index is 12.3. The Balaban J connectivity index is 2.33. The molecule has 1 saturated heterocycles. The highest BCUT2D eigenvalue weighted by molar-refractivity contribution is 9.10. The van der Waals surface area contributed by atoms with Gasteiger partial charge in [0.15, 0.2) is 4.67 Å². The van der Waals surface area contributed by atoms with Crippen molar-refractivity contribution in [2.75, 3.05) is 24.6 Å². The molecule has 0 N–H and O–H groups in total. The largest absolute Gasteiger partial charge is 0.452 e. The lowest BCUT2D eigenvalue weighted by Crippen LogP contribution is -2.37. The lowest BCUT2D eigenvalue weighted by molar-refractivity contribution is 0.439. The van der Waals surface area contributed by atoms with Crippen LogP contribution in [-0.4, -0.2) is 37.3 Å². The molecule has 1 aromatic heterocycles. The molecule has 0 saturated carbocycles. The number of halogens is 2. The zero-order chi connectivity index (χ0) is 12.5. The zero-order valence-electron chi connectivity index (χ0n) is 8.86. The van der Waals surface area contributed by atoms with Crippen LogP contribution in [0, 0.1) is 0 Å². The van der Waals surface area contributed by atoms with Crippen LogP contribution in [0.3, 0.4) is 0 Å². The van der Waals surface area contributed by atoms with E-state index < -0.39 is 10.0 Å². The minimum atomic E-state index is -3.46. The molecule has 0 bridgehead atoms. The summed E-state index contributed by atoms with van der Waals surface area (Å²) in [6, 6.07) is 1.48. The molecular formula is C9H11BrClNO3S2. The average molecular weight is 361 g/mol. The first-order valence-corrected chi connectivity index (χ1v) is 8.90. The van der Waals surface area contributed by atoms with Crippen molar-refractivity contribution in [3.05, 3.63) is 16.5 Å². The highest BCUT2D eigenvalue weighted by Crippen LogP contribution is 2.30. The Morgan fingerprint density at radius 2 is 2.12 bits per heavy atom. The summed E-state index contributed by atoms with van der Waals surface area (Å²) in [5, 5.41) is 0. The highest BCUT2D eigenvalue weighted by atomic mass is 79.9. The maximum Gasteiger partial charge on any atom is 0.247 e. The first-order chi connectivity index (χ1) is 8.05. The smallest absolute Gasteiger partial charge is 0.247 e. The first kappa shape index (κ1) is 13.7. The highest BCUT2D eigenvalue weighted by Gasteiger charge is 2.30. The maximum atomic E-state index is 12.3. The third-order valence-electron chi connectivity index (χ3n) is 2.43. The van der Waals surface area contributed by atoms with Gasteiger partial charge in [-0.05, 0) is 15.9 Å². The summed E-state index contributed by atoms with van der Waals surface area (Å²) in [4.78, 5) is 0.167. The molecule has 0 radical (unpaired) electrons. The molecule has 0 spiro atoms. The number of sulfonamides is 1. The molecule has 1 aliphatic rings. The van der Waals surface area contributed by atoms with Gasteiger partial charge in [-0.3, -0.25) is 0 Å². The van der Waals surface area contributed by atoms with E-state index in [1.54, 1.807) is 11.8 Å². The van der Waals surface area contributed by atoms with Crippen LogP contribution in [0.25, 0.3) is 0 Å². The van der Waals surface area contributed by atoms with Gasteiger partial charge in [0, 0.05) is 30.7 Å². The average Bonchev–Trinajstić information content (AvgIpc) is 2.72. The molecule has 0 amide bonds. The van der Waals surface area contributed by atoms with Crippen molar-refractivity contribution >= 4 is 49.3 Å². The van der Waals surface area contributed by atoms with Crippen molar-refractivity contribution < 1.29 is 12.8 Å². The molecule has 1 aromatic rings. The van der Waals surface area contributed by atoms with Crippen molar-refractivity contribution in [3.8, 4) is 0 Å². The molecule has 0 atom stereocenters. The minimum Gasteiger partial charge on any atom is -0.452 e. The Bertz CT molecular complexity index is 496. The predicted molar refractivity (Wildman–Crippen MR) is 72.0 cm³/mol. The van der Waals surface area contributed by atoms with Crippen LogP contribution in [0.2, 0.25) is 0 Å². The van der Waals surface area contributed by atoms with E-state index in [0.717, 1.165) is 11.5 Å². The standard InChI is InChI=1S/C9H11BrClNO3S2/c10-9-8(5-7(6-11)15-9)17(13,14)12-1-3-16-4-2-12/h5H,1-4,6H2. The number of thioether (sulfide) groups is 1. The van der Waals surface area contributed by atoms with E-state index in [9.17, 15) is 8.42 Å². The van der Waals surface area contributed by atoms with E-state index >= 15 is 0 Å². The molecule has 0 unspecified atom stereocenters. The van der Waals surface area contributed by atoms with Crippen LogP contribution in [0.4, 0.5) is 0 Å². The van der Waals surface area contributed by atoms with E-state index in [0.29, 0.717) is 18.8 Å². The number of hydrogen-bond acceptors (Lipinski definition) is 4. The molecule has 0 aromatic carbocycles. The van der Waals surface area contributed by atoms with Gasteiger partial charge in [-0.25, -0.2) is 8.42 Å². The quantitative estimate of drug-likeness (QED) is 0.777. The van der Waals surface area contributed by atoms with Crippen LogP contribution in [0.15, 0.2) is 20.0 Å². The number of alkyl halides is 1. The molecule has 1 fully saturated rings. The van der Waals surface area contributed by atoms with Gasteiger partial charge in [-0.15, -0.1) is 11.6 Å². The summed E-state index contributed by atoms with van der Waals surface area (Å²) in [5.41, 5.74) is 0. The number of nitrogens with zero attached hydrogens (tertiary/aromatic N) is 1. The SMILES string of the molecule is O=S(=O)(c1cc(CCl)oc1Br)N1CCSCC1. The second-order valence-corrected chi connectivity index (χ2v) is 7.62. The second-order valence-electron chi connectivity index (χ2n) is 3.50. The van der Waals surface area contributed by atoms with Gasteiger partial charge in [0.05, 0.1) is 5.88 Å². The third-order valence-corrected chi connectivity index (χ3v) is 6.39. The minimum absolute atomic E-state index is 0.157. The molecule has 2 rings (SSSR count). The lowest BCUT2D eigenvalue weighted by atomic mass is 10.5. The Hall–Kier alpha value is 0.310. The van der Waals surface area contributed by atoms with E-state index in [1.165, 1.54) is 10.4 Å². The van der Waals surface area contributed by atoms with Crippen molar-refractivity contribution in [1.82, 2.24) is 4.31 Å². The van der Waals surface area contributed by atoms with Crippen LogP contribution in [0.1, 0.15) is 5.76 Å². The fourth-order valence-electron chi connectivity index (χ4n) is 1.57. The number of furan rings is 1. The summed E-state index contributed by atoms with van der Waals surface area (Å²) in [6.07, 6.45) is 0. The van der Waals surface area contributed by atoms with Crippen molar-refractivity contribution in [1.29, 1.82) is 0 Å². The van der Waals surface area contributed by atoms with Gasteiger partial charge in [-0.2, -0.15) is 16.1 Å². The van der Waals surface area contributed by atoms with Gasteiger partial charge in [0.1, 0.15) is 10.7 Å². The monoisotopic (exact) mass is 359 g/mol. The molecule has 96 valence electrons.